The van der Waals surface area contributed by atoms with E-state index < -0.39 is 0 Å². The van der Waals surface area contributed by atoms with Crippen LogP contribution in [0.1, 0.15) is 25.0 Å². The van der Waals surface area contributed by atoms with Crippen LogP contribution in [-0.4, -0.2) is 23.0 Å². The van der Waals surface area contributed by atoms with E-state index in [0.29, 0.717) is 12.6 Å². The first-order chi connectivity index (χ1) is 10.3. The van der Waals surface area contributed by atoms with Gasteiger partial charge in [-0.15, -0.1) is 0 Å². The van der Waals surface area contributed by atoms with Crippen LogP contribution in [0.4, 0.5) is 0 Å². The summed E-state index contributed by atoms with van der Waals surface area (Å²) in [5, 5.41) is 4.19. The Morgan fingerprint density at radius 2 is 2.10 bits per heavy atom. The number of benzene rings is 1. The fraction of sp³-hybridized carbons (Fsp3) is 0.438. The Kier molecular flexibility index (Phi) is 3.16. The molecule has 2 heterocycles. The Bertz CT molecular complexity index is 628. The zero-order valence-corrected chi connectivity index (χ0v) is 11.9. The summed E-state index contributed by atoms with van der Waals surface area (Å²) in [4.78, 5) is 15.5. The number of aromatic amines is 1. The molecule has 110 valence electrons. The van der Waals surface area contributed by atoms with Gasteiger partial charge in [0.05, 0.1) is 6.54 Å². The number of hydrogen-bond donors (Lipinski definition) is 4. The minimum atomic E-state index is -0.111. The van der Waals surface area contributed by atoms with Gasteiger partial charge in [-0.25, -0.2) is 5.43 Å². The van der Waals surface area contributed by atoms with Gasteiger partial charge in [-0.05, 0) is 42.7 Å². The van der Waals surface area contributed by atoms with E-state index >= 15 is 0 Å². The van der Waals surface area contributed by atoms with E-state index in [-0.39, 0.29) is 11.9 Å². The third kappa shape index (κ3) is 2.66. The molecule has 1 aliphatic heterocycles. The molecule has 1 aromatic heterocycles. The lowest BCUT2D eigenvalue weighted by Gasteiger charge is -2.09. The van der Waals surface area contributed by atoms with Crippen LogP contribution in [-0.2, 0) is 11.3 Å². The maximum absolute atomic E-state index is 12.2. The average Bonchev–Trinajstić information content (AvgIpc) is 3.09. The van der Waals surface area contributed by atoms with E-state index in [1.54, 1.807) is 0 Å². The van der Waals surface area contributed by atoms with Gasteiger partial charge in [-0.1, -0.05) is 18.2 Å². The molecule has 1 saturated carbocycles. The first-order valence-electron chi connectivity index (χ1n) is 7.65. The van der Waals surface area contributed by atoms with Gasteiger partial charge in [0.25, 0.3) is 0 Å². The molecular formula is C16H20N4O. The van der Waals surface area contributed by atoms with Crippen molar-refractivity contribution in [2.24, 2.45) is 5.92 Å². The van der Waals surface area contributed by atoms with Crippen molar-refractivity contribution < 1.29 is 4.79 Å². The van der Waals surface area contributed by atoms with E-state index in [1.165, 1.54) is 18.2 Å². The predicted molar refractivity (Wildman–Crippen MR) is 81.3 cm³/mol. The largest absolute Gasteiger partial charge is 0.357 e. The molecule has 4 N–H and O–H groups in total. The quantitative estimate of drug-likeness (QED) is 0.686. The summed E-state index contributed by atoms with van der Waals surface area (Å²) in [5.41, 5.74) is 8.51. The molecule has 0 radical (unpaired) electrons. The molecule has 5 heteroatoms. The molecule has 1 saturated heterocycles. The van der Waals surface area contributed by atoms with Crippen molar-refractivity contribution in [2.75, 3.05) is 0 Å². The van der Waals surface area contributed by atoms with Gasteiger partial charge in [-0.3, -0.25) is 10.2 Å². The highest BCUT2D eigenvalue weighted by atomic mass is 16.2. The van der Waals surface area contributed by atoms with Crippen LogP contribution in [0.25, 0.3) is 10.9 Å². The average molecular weight is 284 g/mol. The molecule has 1 aromatic carbocycles. The molecule has 4 rings (SSSR count). The minimum absolute atomic E-state index is 0.0734. The molecule has 21 heavy (non-hydrogen) atoms. The number of para-hydroxylation sites is 1. The number of hydrogen-bond acceptors (Lipinski definition) is 3. The number of hydrazine groups is 1. The zero-order valence-electron chi connectivity index (χ0n) is 11.9. The molecule has 0 spiro atoms. The molecule has 2 aromatic rings. The van der Waals surface area contributed by atoms with Crippen LogP contribution >= 0.6 is 0 Å². The number of carbonyl (C=O) groups is 1. The fourth-order valence-electron chi connectivity index (χ4n) is 3.10. The van der Waals surface area contributed by atoms with E-state index in [1.807, 2.05) is 18.2 Å². The molecule has 2 fully saturated rings. The second-order valence-electron chi connectivity index (χ2n) is 6.12. The highest BCUT2D eigenvalue weighted by Crippen LogP contribution is 2.35. The van der Waals surface area contributed by atoms with E-state index in [2.05, 4.69) is 33.3 Å². The summed E-state index contributed by atoms with van der Waals surface area (Å²) in [5.74, 6) is 0.841. The Hall–Kier alpha value is -1.85. The summed E-state index contributed by atoms with van der Waals surface area (Å²) in [6.45, 7) is 0.541. The Balaban J connectivity index is 1.34. The second-order valence-corrected chi connectivity index (χ2v) is 6.12. The van der Waals surface area contributed by atoms with Gasteiger partial charge in [0.1, 0.15) is 6.04 Å². The first-order valence-corrected chi connectivity index (χ1v) is 7.65. The normalized spacial score (nSPS) is 25.3. The van der Waals surface area contributed by atoms with Crippen LogP contribution in [0.5, 0.6) is 0 Å². The monoisotopic (exact) mass is 284 g/mol. The van der Waals surface area contributed by atoms with Crippen molar-refractivity contribution in [3.8, 4) is 0 Å². The number of rotatable bonds is 4. The summed E-state index contributed by atoms with van der Waals surface area (Å²) >= 11 is 0. The molecule has 2 unspecified atom stereocenters. The zero-order chi connectivity index (χ0) is 14.2. The molecule has 1 aliphatic carbocycles. The molecule has 2 aliphatic rings. The van der Waals surface area contributed by atoms with Crippen LogP contribution in [0.2, 0.25) is 0 Å². The predicted octanol–water partition coefficient (Wildman–Crippen LogP) is 1.43. The van der Waals surface area contributed by atoms with Crippen LogP contribution < -0.4 is 16.2 Å². The maximum Gasteiger partial charge on any atom is 0.238 e. The number of H-pyrrole nitrogens is 1. The van der Waals surface area contributed by atoms with E-state index in [4.69, 9.17) is 0 Å². The lowest BCUT2D eigenvalue weighted by Crippen LogP contribution is -2.43. The molecule has 2 atom stereocenters. The first kappa shape index (κ1) is 12.9. The van der Waals surface area contributed by atoms with Crippen molar-refractivity contribution in [2.45, 2.75) is 37.9 Å². The summed E-state index contributed by atoms with van der Waals surface area (Å²) < 4.78 is 0. The number of fused-ring (bicyclic) bond motifs is 1. The number of nitrogens with one attached hydrogen (secondary N) is 4. The smallest absolute Gasteiger partial charge is 0.238 e. The van der Waals surface area contributed by atoms with Crippen molar-refractivity contribution in [1.82, 2.24) is 21.2 Å². The van der Waals surface area contributed by atoms with Crippen molar-refractivity contribution >= 4 is 16.8 Å². The number of carbonyl (C=O) groups excluding carboxylic acids is 1. The van der Waals surface area contributed by atoms with Crippen LogP contribution in [0, 0.1) is 5.92 Å². The fourth-order valence-corrected chi connectivity index (χ4v) is 3.10. The highest BCUT2D eigenvalue weighted by Gasteiger charge is 2.38. The van der Waals surface area contributed by atoms with E-state index in [9.17, 15) is 4.79 Å². The standard InChI is InChI=1S/C16H20N4O/c21-16(15-8-14(19-20-15)10-5-6-10)17-9-12-7-11-3-1-2-4-13(11)18-12/h1-4,7,10,14-15,18-20H,5-6,8-9H2,(H,17,21). The van der Waals surface area contributed by atoms with Gasteiger partial charge in [0.2, 0.25) is 5.91 Å². The van der Waals surface area contributed by atoms with Crippen LogP contribution in [0.3, 0.4) is 0 Å². The maximum atomic E-state index is 12.2. The van der Waals surface area contributed by atoms with Gasteiger partial charge in [0.15, 0.2) is 0 Å². The van der Waals surface area contributed by atoms with Crippen molar-refractivity contribution in [3.63, 3.8) is 0 Å². The molecule has 5 nitrogen and oxygen atoms in total. The van der Waals surface area contributed by atoms with Gasteiger partial charge in [0, 0.05) is 17.3 Å². The number of aromatic nitrogens is 1. The van der Waals surface area contributed by atoms with Gasteiger partial charge < -0.3 is 10.3 Å². The van der Waals surface area contributed by atoms with Gasteiger partial charge >= 0.3 is 0 Å². The SMILES string of the molecule is O=C(NCc1cc2ccccc2[nH]1)C1CC(C2CC2)NN1. The molecule has 1 amide bonds. The highest BCUT2D eigenvalue weighted by molar-refractivity contribution is 5.83. The topological polar surface area (TPSA) is 69.0 Å². The third-order valence-electron chi connectivity index (χ3n) is 4.48. The third-order valence-corrected chi connectivity index (χ3v) is 4.48. The summed E-state index contributed by atoms with van der Waals surface area (Å²) in [7, 11) is 0. The number of amides is 1. The Morgan fingerprint density at radius 3 is 2.90 bits per heavy atom. The minimum Gasteiger partial charge on any atom is -0.357 e. The summed E-state index contributed by atoms with van der Waals surface area (Å²) in [6.07, 6.45) is 3.48. The van der Waals surface area contributed by atoms with Crippen molar-refractivity contribution in [3.05, 3.63) is 36.0 Å². The lowest BCUT2D eigenvalue weighted by molar-refractivity contribution is -0.123. The Morgan fingerprint density at radius 1 is 1.24 bits per heavy atom. The Labute approximate surface area is 123 Å². The van der Waals surface area contributed by atoms with E-state index in [0.717, 1.165) is 23.5 Å². The van der Waals surface area contributed by atoms with Crippen LogP contribution in [0.15, 0.2) is 30.3 Å². The van der Waals surface area contributed by atoms with Gasteiger partial charge in [-0.2, -0.15) is 0 Å². The second kappa shape index (κ2) is 5.16. The van der Waals surface area contributed by atoms with Crippen molar-refractivity contribution in [1.29, 1.82) is 0 Å². The lowest BCUT2D eigenvalue weighted by atomic mass is 10.1. The molecule has 0 bridgehead atoms. The molecular weight excluding hydrogens is 264 g/mol. The summed E-state index contributed by atoms with van der Waals surface area (Å²) in [6, 6.07) is 10.6.